The first-order chi connectivity index (χ1) is 14.0. The number of carbonyl (C=O) groups excluding carboxylic acids is 3. The van der Waals surface area contributed by atoms with Gasteiger partial charge in [0.1, 0.15) is 5.60 Å². The van der Waals surface area contributed by atoms with Crippen molar-refractivity contribution in [3.8, 4) is 0 Å². The Balaban J connectivity index is 1.61. The summed E-state index contributed by atoms with van der Waals surface area (Å²) in [4.78, 5) is 40.2. The van der Waals surface area contributed by atoms with Crippen LogP contribution in [0.1, 0.15) is 82.8 Å². The van der Waals surface area contributed by atoms with E-state index < -0.39 is 23.9 Å². The fourth-order valence-electron chi connectivity index (χ4n) is 3.72. The van der Waals surface area contributed by atoms with Crippen molar-refractivity contribution in [3.05, 3.63) is 35.4 Å². The summed E-state index contributed by atoms with van der Waals surface area (Å²) in [6.45, 7) is 4.05. The zero-order valence-electron chi connectivity index (χ0n) is 18.9. The molecule has 152 valence electrons. The van der Waals surface area contributed by atoms with Crippen LogP contribution in [0.4, 0.5) is 4.79 Å². The maximum Gasteiger partial charge on any atom is 0.410 e. The number of nitrogens with zero attached hydrogens (tertiary/aromatic N) is 2. The molecule has 0 saturated carbocycles. The molecule has 28 heavy (non-hydrogen) atoms. The molecule has 1 saturated heterocycles. The molecule has 0 spiro atoms. The molecule has 1 fully saturated rings. The third kappa shape index (κ3) is 4.54. The third-order valence-corrected chi connectivity index (χ3v) is 5.03. The Hall–Kier alpha value is -2.37. The molecule has 0 aromatic heterocycles. The van der Waals surface area contributed by atoms with Crippen molar-refractivity contribution in [3.63, 3.8) is 0 Å². The number of benzene rings is 1. The number of imide groups is 1. The van der Waals surface area contributed by atoms with E-state index in [4.69, 9.17) is 7.48 Å². The number of carbonyl (C=O) groups is 3. The number of hydrogen-bond donors (Lipinski definition) is 0. The van der Waals surface area contributed by atoms with Crippen molar-refractivity contribution >= 4 is 17.9 Å². The van der Waals surface area contributed by atoms with Crippen LogP contribution in [0.15, 0.2) is 24.3 Å². The number of rotatable bonds is 5. The Kier molecular flexibility index (Phi) is 5.27. The third-order valence-electron chi connectivity index (χ3n) is 5.03. The summed E-state index contributed by atoms with van der Waals surface area (Å²) < 4.78 is 22.3. The van der Waals surface area contributed by atoms with Crippen molar-refractivity contribution in [2.75, 3.05) is 13.0 Å². The summed E-state index contributed by atoms with van der Waals surface area (Å²) in [5.41, 5.74) is -0.0771. The van der Waals surface area contributed by atoms with Crippen molar-refractivity contribution in [2.45, 2.75) is 70.9 Å². The van der Waals surface area contributed by atoms with Gasteiger partial charge >= 0.3 is 6.09 Å². The van der Waals surface area contributed by atoms with E-state index in [-0.39, 0.29) is 29.7 Å². The molecule has 1 atom stereocenters. The zero-order chi connectivity index (χ0) is 22.1. The molecule has 0 radical (unpaired) electrons. The Labute approximate surface area is 169 Å². The van der Waals surface area contributed by atoms with Gasteiger partial charge in [0.2, 0.25) is 0 Å². The van der Waals surface area contributed by atoms with Crippen molar-refractivity contribution in [1.29, 1.82) is 0 Å². The van der Waals surface area contributed by atoms with Crippen molar-refractivity contribution < 1.29 is 21.9 Å². The van der Waals surface area contributed by atoms with E-state index in [0.29, 0.717) is 19.4 Å². The highest BCUT2D eigenvalue weighted by Crippen LogP contribution is 2.25. The molecule has 0 bridgehead atoms. The summed E-state index contributed by atoms with van der Waals surface area (Å²) in [6.07, 6.45) is 3.51. The fraction of sp³-hybridized carbons (Fsp3) is 0.591. The second kappa shape index (κ2) is 8.33. The standard InChI is InChI=1S/C22H30N2O4/c1-22(2,3)28-21(27)23-14-8-6-10-16(23)11-7-9-15-24-19(25)17-12-4-5-13-18(17)20(24)26/h4-5,12-13,16H,6-11,14-15H2,1-3H3/i15D2. The molecule has 0 N–H and O–H groups in total. The summed E-state index contributed by atoms with van der Waals surface area (Å²) in [5, 5.41) is 0. The number of likely N-dealkylation sites (tertiary alicyclic amines) is 1. The Morgan fingerprint density at radius 2 is 1.79 bits per heavy atom. The van der Waals surface area contributed by atoms with E-state index >= 15 is 0 Å². The van der Waals surface area contributed by atoms with Gasteiger partial charge in [-0.3, -0.25) is 14.5 Å². The van der Waals surface area contributed by atoms with Gasteiger partial charge in [0.25, 0.3) is 11.8 Å². The highest BCUT2D eigenvalue weighted by molar-refractivity contribution is 6.21. The van der Waals surface area contributed by atoms with Gasteiger partial charge in [-0.05, 0) is 71.4 Å². The van der Waals surface area contributed by atoms with Gasteiger partial charge < -0.3 is 9.64 Å². The first-order valence-corrected chi connectivity index (χ1v) is 9.99. The topological polar surface area (TPSA) is 66.9 Å². The molecular formula is C22H30N2O4. The Bertz CT molecular complexity index is 800. The summed E-state index contributed by atoms with van der Waals surface area (Å²) >= 11 is 0. The van der Waals surface area contributed by atoms with Crippen molar-refractivity contribution in [1.82, 2.24) is 9.80 Å². The monoisotopic (exact) mass is 388 g/mol. The normalized spacial score (nSPS) is 21.3. The summed E-state index contributed by atoms with van der Waals surface area (Å²) in [7, 11) is 0. The van der Waals surface area contributed by atoms with Crippen LogP contribution in [0.3, 0.4) is 0 Å². The van der Waals surface area contributed by atoms with Gasteiger partial charge in [-0.25, -0.2) is 4.79 Å². The largest absolute Gasteiger partial charge is 0.444 e. The van der Waals surface area contributed by atoms with Crippen LogP contribution in [0, 0.1) is 0 Å². The number of piperidine rings is 1. The van der Waals surface area contributed by atoms with Gasteiger partial charge in [0, 0.05) is 21.8 Å². The molecule has 1 aromatic carbocycles. The van der Waals surface area contributed by atoms with E-state index in [2.05, 4.69) is 0 Å². The van der Waals surface area contributed by atoms with Gasteiger partial charge in [-0.2, -0.15) is 0 Å². The lowest BCUT2D eigenvalue weighted by atomic mass is 9.97. The molecule has 6 heteroatoms. The SMILES string of the molecule is [2H]C([2H])(CCCC1CCCCN1C(=O)OC(C)(C)C)N1C(=O)c2ccccc2C1=O. The predicted molar refractivity (Wildman–Crippen MR) is 106 cm³/mol. The second-order valence-corrected chi connectivity index (χ2v) is 8.36. The molecule has 2 aliphatic rings. The van der Waals surface area contributed by atoms with Gasteiger partial charge in [0.15, 0.2) is 0 Å². The molecule has 1 aromatic rings. The minimum atomic E-state index is -2.08. The fourth-order valence-corrected chi connectivity index (χ4v) is 3.72. The maximum atomic E-state index is 12.6. The average molecular weight is 389 g/mol. The first kappa shape index (κ1) is 17.7. The molecule has 3 amide bonds. The maximum absolute atomic E-state index is 12.6. The lowest BCUT2D eigenvalue weighted by Gasteiger charge is -2.37. The predicted octanol–water partition coefficient (Wildman–Crippen LogP) is 4.24. The first-order valence-electron chi connectivity index (χ1n) is 11.0. The highest BCUT2D eigenvalue weighted by atomic mass is 16.6. The smallest absolute Gasteiger partial charge is 0.410 e. The summed E-state index contributed by atoms with van der Waals surface area (Å²) in [5.74, 6) is -1.18. The number of hydrogen-bond acceptors (Lipinski definition) is 4. The van der Waals surface area contributed by atoms with E-state index in [1.165, 1.54) is 0 Å². The van der Waals surface area contributed by atoms with E-state index in [0.717, 1.165) is 24.2 Å². The van der Waals surface area contributed by atoms with Gasteiger partial charge in [-0.15, -0.1) is 0 Å². The molecular weight excluding hydrogens is 356 g/mol. The molecule has 6 nitrogen and oxygen atoms in total. The van der Waals surface area contributed by atoms with Gasteiger partial charge in [0.05, 0.1) is 11.1 Å². The quantitative estimate of drug-likeness (QED) is 0.708. The minimum absolute atomic E-state index is 0.0217. The molecule has 3 rings (SSSR count). The van der Waals surface area contributed by atoms with Crippen LogP contribution in [-0.2, 0) is 4.74 Å². The molecule has 1 unspecified atom stereocenters. The van der Waals surface area contributed by atoms with Crippen LogP contribution in [-0.4, -0.2) is 52.4 Å². The Morgan fingerprint density at radius 3 is 2.39 bits per heavy atom. The van der Waals surface area contributed by atoms with E-state index in [1.54, 1.807) is 29.2 Å². The van der Waals surface area contributed by atoms with Crippen LogP contribution in [0.2, 0.25) is 0 Å². The van der Waals surface area contributed by atoms with Gasteiger partial charge in [-0.1, -0.05) is 12.1 Å². The molecule has 2 aliphatic heterocycles. The van der Waals surface area contributed by atoms with Crippen LogP contribution in [0.25, 0.3) is 0 Å². The second-order valence-electron chi connectivity index (χ2n) is 8.36. The number of ether oxygens (including phenoxy) is 1. The highest BCUT2D eigenvalue weighted by Gasteiger charge is 2.35. The average Bonchev–Trinajstić information content (AvgIpc) is 2.92. The van der Waals surface area contributed by atoms with E-state index in [1.807, 2.05) is 20.8 Å². The van der Waals surface area contributed by atoms with Crippen LogP contribution < -0.4 is 0 Å². The Morgan fingerprint density at radius 1 is 1.14 bits per heavy atom. The lowest BCUT2D eigenvalue weighted by Crippen LogP contribution is -2.46. The van der Waals surface area contributed by atoms with Crippen LogP contribution in [0.5, 0.6) is 0 Å². The number of fused-ring (bicyclic) bond motifs is 1. The lowest BCUT2D eigenvalue weighted by molar-refractivity contribution is 0.00858. The molecule has 0 aliphatic carbocycles. The van der Waals surface area contributed by atoms with Crippen molar-refractivity contribution in [2.24, 2.45) is 0 Å². The number of amides is 3. The summed E-state index contributed by atoms with van der Waals surface area (Å²) in [6, 6.07) is 6.40. The zero-order valence-corrected chi connectivity index (χ0v) is 16.9. The van der Waals surface area contributed by atoms with Crippen LogP contribution >= 0.6 is 0 Å². The minimum Gasteiger partial charge on any atom is -0.444 e. The molecule has 2 heterocycles. The van der Waals surface area contributed by atoms with E-state index in [9.17, 15) is 14.4 Å².